The zero-order valence-electron chi connectivity index (χ0n) is 13.1. The molecule has 120 valence electrons. The summed E-state index contributed by atoms with van der Waals surface area (Å²) in [6.07, 6.45) is 1.62. The van der Waals surface area contributed by atoms with Crippen LogP contribution in [0, 0.1) is 6.92 Å². The molecule has 0 amide bonds. The molecule has 2 aromatic heterocycles. The number of carbonyl (C=O) groups is 1. The van der Waals surface area contributed by atoms with Gasteiger partial charge < -0.3 is 9.84 Å². The summed E-state index contributed by atoms with van der Waals surface area (Å²) in [7, 11) is 1.29. The van der Waals surface area contributed by atoms with E-state index in [1.807, 2.05) is 0 Å². The highest BCUT2D eigenvalue weighted by molar-refractivity contribution is 6.00. The van der Waals surface area contributed by atoms with Crippen LogP contribution < -0.4 is 0 Å². The molecule has 0 bridgehead atoms. The number of aromatic nitrogens is 2. The Morgan fingerprint density at radius 1 is 1.21 bits per heavy atom. The molecule has 1 N–H and O–H groups in total. The summed E-state index contributed by atoms with van der Waals surface area (Å²) in [4.78, 5) is 20.2. The van der Waals surface area contributed by atoms with E-state index in [0.717, 1.165) is 0 Å². The molecule has 3 rings (SSSR count). The number of nitrogens with zero attached hydrogens (tertiary/aromatic N) is 4. The highest BCUT2D eigenvalue weighted by atomic mass is 16.5. The van der Waals surface area contributed by atoms with Crippen LogP contribution in [-0.4, -0.2) is 28.2 Å². The molecule has 2 heterocycles. The van der Waals surface area contributed by atoms with Crippen LogP contribution in [0.25, 0.3) is 10.9 Å². The molecule has 0 aliphatic rings. The first-order valence-corrected chi connectivity index (χ1v) is 7.14. The summed E-state index contributed by atoms with van der Waals surface area (Å²) in [5, 5.41) is 18.7. The van der Waals surface area contributed by atoms with Crippen LogP contribution in [0.1, 0.15) is 16.1 Å². The van der Waals surface area contributed by atoms with Gasteiger partial charge in [-0.05, 0) is 37.3 Å². The van der Waals surface area contributed by atoms with Crippen LogP contribution in [0.2, 0.25) is 0 Å². The van der Waals surface area contributed by atoms with E-state index in [4.69, 9.17) is 4.74 Å². The number of hydrogen-bond acceptors (Lipinski definition) is 7. The van der Waals surface area contributed by atoms with Gasteiger partial charge in [0.1, 0.15) is 17.0 Å². The molecular formula is C17H14N4O3. The molecule has 0 saturated carbocycles. The predicted octanol–water partition coefficient (Wildman–Crippen LogP) is 3.85. The van der Waals surface area contributed by atoms with Crippen molar-refractivity contribution in [2.75, 3.05) is 7.11 Å². The number of azo groups is 1. The van der Waals surface area contributed by atoms with Gasteiger partial charge in [0.05, 0.1) is 18.4 Å². The van der Waals surface area contributed by atoms with Crippen LogP contribution in [-0.2, 0) is 4.74 Å². The number of fused-ring (bicyclic) bond motifs is 1. The number of esters is 1. The van der Waals surface area contributed by atoms with Gasteiger partial charge in [-0.3, -0.25) is 0 Å². The Morgan fingerprint density at radius 2 is 2.04 bits per heavy atom. The zero-order valence-corrected chi connectivity index (χ0v) is 13.1. The number of benzene rings is 1. The van der Waals surface area contributed by atoms with Crippen LogP contribution >= 0.6 is 0 Å². The van der Waals surface area contributed by atoms with Crippen LogP contribution in [0.5, 0.6) is 5.75 Å². The minimum absolute atomic E-state index is 0.000519. The first kappa shape index (κ1) is 15.5. The molecule has 0 aliphatic carbocycles. The van der Waals surface area contributed by atoms with E-state index in [1.165, 1.54) is 13.2 Å². The fourth-order valence-electron chi connectivity index (χ4n) is 2.24. The van der Waals surface area contributed by atoms with E-state index in [2.05, 4.69) is 20.2 Å². The van der Waals surface area contributed by atoms with E-state index in [1.54, 1.807) is 43.5 Å². The quantitative estimate of drug-likeness (QED) is 0.583. The Morgan fingerprint density at radius 3 is 2.75 bits per heavy atom. The van der Waals surface area contributed by atoms with Crippen LogP contribution in [0.4, 0.5) is 11.5 Å². The molecule has 0 unspecified atom stereocenters. The number of hydrogen-bond donors (Lipinski definition) is 1. The largest absolute Gasteiger partial charge is 0.507 e. The summed E-state index contributed by atoms with van der Waals surface area (Å²) >= 11 is 0. The van der Waals surface area contributed by atoms with Gasteiger partial charge in [0, 0.05) is 11.6 Å². The number of methoxy groups -OCH3 is 1. The topological polar surface area (TPSA) is 97.0 Å². The Hall–Kier alpha value is -3.35. The summed E-state index contributed by atoms with van der Waals surface area (Å²) in [6.45, 7) is 1.69. The van der Waals surface area contributed by atoms with Gasteiger partial charge in [0.15, 0.2) is 5.82 Å². The maximum absolute atomic E-state index is 11.8. The first-order chi connectivity index (χ1) is 11.6. The molecular weight excluding hydrogens is 308 g/mol. The molecule has 7 nitrogen and oxygen atoms in total. The number of phenolic OH excluding ortho intramolecular Hbond substituents is 1. The number of aryl methyl sites for hydroxylation is 1. The van der Waals surface area contributed by atoms with Crippen molar-refractivity contribution in [1.82, 2.24) is 9.97 Å². The number of aromatic hydroxyl groups is 1. The number of phenols is 1. The second-order valence-electron chi connectivity index (χ2n) is 5.00. The lowest BCUT2D eigenvalue weighted by atomic mass is 10.1. The fourth-order valence-corrected chi connectivity index (χ4v) is 2.24. The number of rotatable bonds is 3. The summed E-state index contributed by atoms with van der Waals surface area (Å²) < 4.78 is 4.73. The van der Waals surface area contributed by atoms with Gasteiger partial charge in [-0.1, -0.05) is 6.07 Å². The molecule has 7 heteroatoms. The average molecular weight is 322 g/mol. The van der Waals surface area contributed by atoms with Crippen molar-refractivity contribution in [3.63, 3.8) is 0 Å². The van der Waals surface area contributed by atoms with Gasteiger partial charge in [0.25, 0.3) is 0 Å². The molecule has 0 saturated heterocycles. The van der Waals surface area contributed by atoms with Crippen molar-refractivity contribution in [3.8, 4) is 5.75 Å². The van der Waals surface area contributed by atoms with Crippen molar-refractivity contribution in [2.45, 2.75) is 6.92 Å². The van der Waals surface area contributed by atoms with Crippen molar-refractivity contribution in [2.24, 2.45) is 10.2 Å². The third-order valence-electron chi connectivity index (χ3n) is 3.45. The molecule has 24 heavy (non-hydrogen) atoms. The van der Waals surface area contributed by atoms with Crippen molar-refractivity contribution >= 4 is 28.4 Å². The van der Waals surface area contributed by atoms with Gasteiger partial charge in [-0.2, -0.15) is 0 Å². The van der Waals surface area contributed by atoms with E-state index < -0.39 is 5.97 Å². The van der Waals surface area contributed by atoms with E-state index in [9.17, 15) is 9.90 Å². The van der Waals surface area contributed by atoms with Gasteiger partial charge >= 0.3 is 5.97 Å². The lowest BCUT2D eigenvalue weighted by Gasteiger charge is -2.08. The molecule has 1 aromatic carbocycles. The second-order valence-corrected chi connectivity index (χ2v) is 5.00. The summed E-state index contributed by atoms with van der Waals surface area (Å²) in [5.41, 5.74) is 1.68. The molecule has 0 spiro atoms. The Labute approximate surface area is 137 Å². The average Bonchev–Trinajstić information content (AvgIpc) is 2.61. The number of carbonyl (C=O) groups excluding carboxylic acids is 1. The second kappa shape index (κ2) is 6.41. The maximum atomic E-state index is 11.8. The number of ether oxygens (including phenoxy) is 1. The third-order valence-corrected chi connectivity index (χ3v) is 3.45. The van der Waals surface area contributed by atoms with E-state index in [-0.39, 0.29) is 5.75 Å². The highest BCUT2D eigenvalue weighted by Crippen LogP contribution is 2.33. The minimum Gasteiger partial charge on any atom is -0.507 e. The molecule has 0 radical (unpaired) electrons. The predicted molar refractivity (Wildman–Crippen MR) is 87.9 cm³/mol. The van der Waals surface area contributed by atoms with Gasteiger partial charge in [-0.15, -0.1) is 10.2 Å². The Bertz CT molecular complexity index is 939. The SMILES string of the molecule is COC(=O)c1cc2c(O)ccc(N=Nc3ccccn3)c2nc1C. The lowest BCUT2D eigenvalue weighted by molar-refractivity contribution is 0.0599. The molecule has 0 fully saturated rings. The Balaban J connectivity index is 2.13. The lowest BCUT2D eigenvalue weighted by Crippen LogP contribution is -2.05. The smallest absolute Gasteiger partial charge is 0.339 e. The summed E-state index contributed by atoms with van der Waals surface area (Å²) in [5.74, 6) is -0.0529. The highest BCUT2D eigenvalue weighted by Gasteiger charge is 2.15. The normalized spacial score (nSPS) is 11.1. The molecule has 0 aliphatic heterocycles. The monoisotopic (exact) mass is 322 g/mol. The first-order valence-electron chi connectivity index (χ1n) is 7.14. The van der Waals surface area contributed by atoms with Crippen LogP contribution in [0.15, 0.2) is 52.8 Å². The maximum Gasteiger partial charge on any atom is 0.339 e. The van der Waals surface area contributed by atoms with Crippen LogP contribution in [0.3, 0.4) is 0 Å². The van der Waals surface area contributed by atoms with Crippen molar-refractivity contribution < 1.29 is 14.6 Å². The Kier molecular flexibility index (Phi) is 4.15. The molecule has 3 aromatic rings. The number of pyridine rings is 2. The van der Waals surface area contributed by atoms with Gasteiger partial charge in [0.2, 0.25) is 0 Å². The fraction of sp³-hybridized carbons (Fsp3) is 0.118. The van der Waals surface area contributed by atoms with E-state index in [0.29, 0.717) is 33.7 Å². The third kappa shape index (κ3) is 2.91. The zero-order chi connectivity index (χ0) is 17.1. The standard InChI is InChI=1S/C17H14N4O3/c1-10-11(17(23)24-2)9-12-14(22)7-6-13(16(12)19-10)20-21-15-5-3-4-8-18-15/h3-9,22H,1-2H3. The van der Waals surface area contributed by atoms with Gasteiger partial charge in [-0.25, -0.2) is 14.8 Å². The molecule has 0 atom stereocenters. The minimum atomic E-state index is -0.512. The van der Waals surface area contributed by atoms with Crippen molar-refractivity contribution in [3.05, 3.63) is 53.9 Å². The van der Waals surface area contributed by atoms with Crippen molar-refractivity contribution in [1.29, 1.82) is 0 Å². The summed E-state index contributed by atoms with van der Waals surface area (Å²) in [6, 6.07) is 9.94. The van der Waals surface area contributed by atoms with E-state index >= 15 is 0 Å².